The molecular formula is C13H18N4. The lowest BCUT2D eigenvalue weighted by atomic mass is 10.2. The molecule has 4 heteroatoms. The largest absolute Gasteiger partial charge is 0.378 e. The Morgan fingerprint density at radius 2 is 2.06 bits per heavy atom. The van der Waals surface area contributed by atoms with Gasteiger partial charge in [0.05, 0.1) is 6.54 Å². The third kappa shape index (κ3) is 2.64. The molecule has 0 spiro atoms. The number of nitrogens with one attached hydrogen (secondary N) is 1. The van der Waals surface area contributed by atoms with Gasteiger partial charge in [-0.3, -0.25) is 0 Å². The molecule has 1 N–H and O–H groups in total. The van der Waals surface area contributed by atoms with Gasteiger partial charge in [0, 0.05) is 11.7 Å². The molecule has 0 amide bonds. The first-order valence-electron chi connectivity index (χ1n) is 5.86. The Hall–Kier alpha value is -1.84. The summed E-state index contributed by atoms with van der Waals surface area (Å²) in [5, 5.41) is 7.60. The van der Waals surface area contributed by atoms with Crippen LogP contribution in [0.4, 0.5) is 5.69 Å². The molecule has 1 aromatic carbocycles. The number of hydrogen-bond acceptors (Lipinski definition) is 3. The number of aromatic nitrogens is 3. The number of rotatable bonds is 4. The zero-order valence-corrected chi connectivity index (χ0v) is 10.5. The second kappa shape index (κ2) is 4.99. The summed E-state index contributed by atoms with van der Waals surface area (Å²) in [7, 11) is 0. The molecule has 0 bridgehead atoms. The van der Waals surface area contributed by atoms with E-state index in [4.69, 9.17) is 0 Å². The highest BCUT2D eigenvalue weighted by atomic mass is 15.4. The van der Waals surface area contributed by atoms with Crippen molar-refractivity contribution in [2.24, 2.45) is 0 Å². The summed E-state index contributed by atoms with van der Waals surface area (Å²) >= 11 is 0. The lowest BCUT2D eigenvalue weighted by Crippen LogP contribution is -2.12. The number of para-hydroxylation sites is 1. The maximum absolute atomic E-state index is 4.27. The third-order valence-corrected chi connectivity index (χ3v) is 2.72. The van der Waals surface area contributed by atoms with Gasteiger partial charge in [-0.1, -0.05) is 18.2 Å². The van der Waals surface area contributed by atoms with E-state index in [1.807, 2.05) is 16.8 Å². The Kier molecular flexibility index (Phi) is 3.42. The molecule has 4 nitrogen and oxygen atoms in total. The SMILES string of the molecule is Cc1ccccc1NCc1ncnn1C(C)C. The van der Waals surface area contributed by atoms with Gasteiger partial charge in [0.15, 0.2) is 0 Å². The lowest BCUT2D eigenvalue weighted by molar-refractivity contribution is 0.509. The van der Waals surface area contributed by atoms with Crippen molar-refractivity contribution in [3.8, 4) is 0 Å². The number of aryl methyl sites for hydroxylation is 1. The van der Waals surface area contributed by atoms with Crippen LogP contribution in [0.15, 0.2) is 30.6 Å². The van der Waals surface area contributed by atoms with Crippen molar-refractivity contribution >= 4 is 5.69 Å². The van der Waals surface area contributed by atoms with Gasteiger partial charge in [0.2, 0.25) is 0 Å². The average molecular weight is 230 g/mol. The van der Waals surface area contributed by atoms with Crippen LogP contribution in [0.1, 0.15) is 31.3 Å². The van der Waals surface area contributed by atoms with Crippen LogP contribution in [0.2, 0.25) is 0 Å². The van der Waals surface area contributed by atoms with Crippen molar-refractivity contribution in [2.75, 3.05) is 5.32 Å². The van der Waals surface area contributed by atoms with Crippen molar-refractivity contribution in [3.63, 3.8) is 0 Å². The molecule has 0 aliphatic carbocycles. The fraction of sp³-hybridized carbons (Fsp3) is 0.385. The van der Waals surface area contributed by atoms with E-state index >= 15 is 0 Å². The van der Waals surface area contributed by atoms with E-state index in [0.717, 1.165) is 11.5 Å². The zero-order chi connectivity index (χ0) is 12.3. The highest BCUT2D eigenvalue weighted by Gasteiger charge is 2.07. The minimum absolute atomic E-state index is 0.339. The fourth-order valence-electron chi connectivity index (χ4n) is 1.78. The Balaban J connectivity index is 2.08. The molecule has 0 unspecified atom stereocenters. The van der Waals surface area contributed by atoms with E-state index in [0.29, 0.717) is 12.6 Å². The molecule has 0 radical (unpaired) electrons. The standard InChI is InChI=1S/C13H18N4/c1-10(2)17-13(15-9-16-17)8-14-12-7-5-4-6-11(12)3/h4-7,9-10,14H,8H2,1-3H3. The molecule has 90 valence electrons. The first-order valence-corrected chi connectivity index (χ1v) is 5.86. The zero-order valence-electron chi connectivity index (χ0n) is 10.5. The molecule has 0 saturated heterocycles. The van der Waals surface area contributed by atoms with Gasteiger partial charge in [-0.25, -0.2) is 9.67 Å². The quantitative estimate of drug-likeness (QED) is 0.878. The summed E-state index contributed by atoms with van der Waals surface area (Å²) in [6, 6.07) is 8.58. The molecule has 1 heterocycles. The van der Waals surface area contributed by atoms with Crippen molar-refractivity contribution < 1.29 is 0 Å². The first kappa shape index (κ1) is 11.6. The Morgan fingerprint density at radius 3 is 2.76 bits per heavy atom. The van der Waals surface area contributed by atoms with Gasteiger partial charge in [0.25, 0.3) is 0 Å². The van der Waals surface area contributed by atoms with Gasteiger partial charge >= 0.3 is 0 Å². The normalized spacial score (nSPS) is 10.8. The molecule has 0 aliphatic rings. The van der Waals surface area contributed by atoms with Crippen LogP contribution in [-0.2, 0) is 6.54 Å². The van der Waals surface area contributed by atoms with Crippen LogP contribution in [0.5, 0.6) is 0 Å². The van der Waals surface area contributed by atoms with Crippen molar-refractivity contribution in [3.05, 3.63) is 42.0 Å². The molecular weight excluding hydrogens is 212 g/mol. The second-order valence-corrected chi connectivity index (χ2v) is 4.38. The van der Waals surface area contributed by atoms with E-state index in [1.54, 1.807) is 6.33 Å². The predicted octanol–water partition coefficient (Wildman–Crippen LogP) is 2.78. The Bertz CT molecular complexity index is 488. The molecule has 0 atom stereocenters. The number of anilines is 1. The molecule has 1 aromatic heterocycles. The summed E-state index contributed by atoms with van der Waals surface area (Å²) in [6.07, 6.45) is 1.61. The van der Waals surface area contributed by atoms with Crippen LogP contribution in [0.25, 0.3) is 0 Å². The fourth-order valence-corrected chi connectivity index (χ4v) is 1.78. The summed E-state index contributed by atoms with van der Waals surface area (Å²) < 4.78 is 1.94. The minimum atomic E-state index is 0.339. The number of nitrogens with zero attached hydrogens (tertiary/aromatic N) is 3. The summed E-state index contributed by atoms with van der Waals surface area (Å²) in [5.74, 6) is 0.961. The first-order chi connectivity index (χ1) is 8.18. The van der Waals surface area contributed by atoms with E-state index in [1.165, 1.54) is 5.56 Å². The highest BCUT2D eigenvalue weighted by molar-refractivity contribution is 5.50. The summed E-state index contributed by atoms with van der Waals surface area (Å²) in [5.41, 5.74) is 2.38. The summed E-state index contributed by atoms with van der Waals surface area (Å²) in [4.78, 5) is 4.27. The second-order valence-electron chi connectivity index (χ2n) is 4.38. The average Bonchev–Trinajstić information content (AvgIpc) is 2.76. The van der Waals surface area contributed by atoms with Gasteiger partial charge in [-0.2, -0.15) is 5.10 Å². The van der Waals surface area contributed by atoms with Crippen molar-refractivity contribution in [2.45, 2.75) is 33.4 Å². The van der Waals surface area contributed by atoms with Crippen molar-refractivity contribution in [1.29, 1.82) is 0 Å². The van der Waals surface area contributed by atoms with E-state index in [2.05, 4.69) is 48.3 Å². The highest BCUT2D eigenvalue weighted by Crippen LogP contribution is 2.14. The minimum Gasteiger partial charge on any atom is -0.378 e. The van der Waals surface area contributed by atoms with Gasteiger partial charge in [-0.05, 0) is 32.4 Å². The maximum atomic E-state index is 4.27. The van der Waals surface area contributed by atoms with E-state index < -0.39 is 0 Å². The number of benzene rings is 1. The smallest absolute Gasteiger partial charge is 0.146 e. The topological polar surface area (TPSA) is 42.7 Å². The van der Waals surface area contributed by atoms with Crippen LogP contribution in [-0.4, -0.2) is 14.8 Å². The van der Waals surface area contributed by atoms with Crippen molar-refractivity contribution in [1.82, 2.24) is 14.8 Å². The van der Waals surface area contributed by atoms with E-state index in [9.17, 15) is 0 Å². The Labute approximate surface area is 102 Å². The third-order valence-electron chi connectivity index (χ3n) is 2.72. The molecule has 0 aliphatic heterocycles. The van der Waals surface area contributed by atoms with Crippen LogP contribution in [0.3, 0.4) is 0 Å². The van der Waals surface area contributed by atoms with Crippen LogP contribution >= 0.6 is 0 Å². The monoisotopic (exact) mass is 230 g/mol. The van der Waals surface area contributed by atoms with Crippen LogP contribution in [0, 0.1) is 6.92 Å². The van der Waals surface area contributed by atoms with E-state index in [-0.39, 0.29) is 0 Å². The molecule has 2 aromatic rings. The summed E-state index contributed by atoms with van der Waals surface area (Å²) in [6.45, 7) is 7.00. The molecule has 2 rings (SSSR count). The lowest BCUT2D eigenvalue weighted by Gasteiger charge is -2.12. The van der Waals surface area contributed by atoms with Crippen LogP contribution < -0.4 is 5.32 Å². The molecule has 0 fully saturated rings. The van der Waals surface area contributed by atoms with Gasteiger partial charge in [-0.15, -0.1) is 0 Å². The Morgan fingerprint density at radius 1 is 1.29 bits per heavy atom. The molecule has 0 saturated carbocycles. The maximum Gasteiger partial charge on any atom is 0.146 e. The molecule has 17 heavy (non-hydrogen) atoms. The number of hydrogen-bond donors (Lipinski definition) is 1. The van der Waals surface area contributed by atoms with Gasteiger partial charge in [0.1, 0.15) is 12.2 Å². The predicted molar refractivity (Wildman–Crippen MR) is 68.9 cm³/mol. The van der Waals surface area contributed by atoms with Gasteiger partial charge < -0.3 is 5.32 Å².